The molecule has 0 unspecified atom stereocenters. The molecule has 0 bridgehead atoms. The molecule has 2 aromatic carbocycles. The Labute approximate surface area is 153 Å². The van der Waals surface area contributed by atoms with Gasteiger partial charge in [0, 0.05) is 13.0 Å². The maximum Gasteiger partial charge on any atom is 0.416 e. The average Bonchev–Trinajstić information content (AvgIpc) is 3.16. The van der Waals surface area contributed by atoms with E-state index in [0.717, 1.165) is 11.6 Å². The molecule has 5 nitrogen and oxygen atoms in total. The van der Waals surface area contributed by atoms with E-state index in [1.165, 1.54) is 18.2 Å². The number of hydrogen-bond acceptors (Lipinski definition) is 4. The van der Waals surface area contributed by atoms with Gasteiger partial charge in [-0.1, -0.05) is 53.7 Å². The van der Waals surface area contributed by atoms with E-state index < -0.39 is 23.8 Å². The number of benzene rings is 2. The summed E-state index contributed by atoms with van der Waals surface area (Å²) in [6.07, 6.45) is -6.23. The van der Waals surface area contributed by atoms with Crippen LogP contribution < -0.4 is 5.32 Å². The Morgan fingerprint density at radius 2 is 1.85 bits per heavy atom. The number of carbonyl (C=O) groups is 1. The molecule has 0 aromatic heterocycles. The summed E-state index contributed by atoms with van der Waals surface area (Å²) >= 11 is 0. The second-order valence-corrected chi connectivity index (χ2v) is 6.06. The Hall–Kier alpha value is -2.87. The summed E-state index contributed by atoms with van der Waals surface area (Å²) in [5.74, 6) is -0.586. The number of oxime groups is 1. The van der Waals surface area contributed by atoms with E-state index >= 15 is 0 Å². The van der Waals surface area contributed by atoms with Crippen molar-refractivity contribution in [3.63, 3.8) is 0 Å². The largest absolute Gasteiger partial charge is 0.416 e. The predicted octanol–water partition coefficient (Wildman–Crippen LogP) is 3.37. The maximum atomic E-state index is 13.0. The summed E-state index contributed by atoms with van der Waals surface area (Å²) < 4.78 is 39.1. The highest BCUT2D eigenvalue weighted by molar-refractivity contribution is 6.39. The molecule has 2 aromatic rings. The Kier molecular flexibility index (Phi) is 5.46. The number of carbonyl (C=O) groups excluding carboxylic acids is 1. The van der Waals surface area contributed by atoms with Gasteiger partial charge in [0.05, 0.1) is 11.7 Å². The minimum Gasteiger partial charge on any atom is -0.387 e. The van der Waals surface area contributed by atoms with E-state index in [9.17, 15) is 23.1 Å². The molecule has 0 aliphatic carbocycles. The number of hydrogen-bond donors (Lipinski definition) is 2. The number of alkyl halides is 3. The second kappa shape index (κ2) is 7.79. The molecule has 0 fully saturated rings. The van der Waals surface area contributed by atoms with Crippen LogP contribution in [0.5, 0.6) is 0 Å². The van der Waals surface area contributed by atoms with E-state index in [2.05, 4.69) is 10.5 Å². The van der Waals surface area contributed by atoms with Gasteiger partial charge in [-0.3, -0.25) is 4.79 Å². The first-order valence-electron chi connectivity index (χ1n) is 8.26. The molecule has 0 saturated heterocycles. The fourth-order valence-electron chi connectivity index (χ4n) is 2.81. The van der Waals surface area contributed by atoms with Crippen molar-refractivity contribution in [2.24, 2.45) is 5.16 Å². The van der Waals surface area contributed by atoms with Crippen molar-refractivity contribution in [3.05, 3.63) is 71.3 Å². The van der Waals surface area contributed by atoms with Gasteiger partial charge in [-0.25, -0.2) is 0 Å². The fourth-order valence-corrected chi connectivity index (χ4v) is 2.81. The smallest absolute Gasteiger partial charge is 0.387 e. The first-order chi connectivity index (χ1) is 12.9. The number of nitrogens with one attached hydrogen (secondary N) is 1. The molecule has 27 heavy (non-hydrogen) atoms. The van der Waals surface area contributed by atoms with Gasteiger partial charge in [0.2, 0.25) is 0 Å². The molecular weight excluding hydrogens is 361 g/mol. The Balaban J connectivity index is 1.59. The normalized spacial score (nSPS) is 17.8. The van der Waals surface area contributed by atoms with E-state index in [1.807, 2.05) is 30.3 Å². The lowest BCUT2D eigenvalue weighted by Gasteiger charge is -2.17. The van der Waals surface area contributed by atoms with Crippen LogP contribution in [0.1, 0.15) is 35.3 Å². The molecule has 1 heterocycles. The van der Waals surface area contributed by atoms with Gasteiger partial charge in [-0.15, -0.1) is 0 Å². The van der Waals surface area contributed by atoms with Crippen LogP contribution in [0, 0.1) is 0 Å². The van der Waals surface area contributed by atoms with Crippen LogP contribution in [-0.2, 0) is 15.8 Å². The lowest BCUT2D eigenvalue weighted by molar-refractivity contribution is -0.139. The quantitative estimate of drug-likeness (QED) is 0.838. The Morgan fingerprint density at radius 1 is 1.19 bits per heavy atom. The lowest BCUT2D eigenvalue weighted by atomic mass is 10.0. The molecule has 142 valence electrons. The Morgan fingerprint density at radius 3 is 2.56 bits per heavy atom. The van der Waals surface area contributed by atoms with Crippen LogP contribution in [0.4, 0.5) is 13.2 Å². The first-order valence-corrected chi connectivity index (χ1v) is 8.26. The standard InChI is InChI=1S/C19H17F3N2O3/c20-19(21,22)14-9-5-4-8-13(14)16(25)11-23-18(26)15-10-17(27-24-15)12-6-2-1-3-7-12/h1-9,16-17,25H,10-11H2,(H,23,26)/t16-,17+/m1/s1. The number of rotatable bonds is 5. The van der Waals surface area contributed by atoms with Crippen molar-refractivity contribution < 1.29 is 27.9 Å². The molecule has 2 atom stereocenters. The van der Waals surface area contributed by atoms with E-state index in [4.69, 9.17) is 4.84 Å². The monoisotopic (exact) mass is 378 g/mol. The zero-order valence-corrected chi connectivity index (χ0v) is 14.1. The number of nitrogens with zero attached hydrogens (tertiary/aromatic N) is 1. The first kappa shape index (κ1) is 18.9. The average molecular weight is 378 g/mol. The van der Waals surface area contributed by atoms with Crippen LogP contribution in [0.15, 0.2) is 59.8 Å². The van der Waals surface area contributed by atoms with E-state index in [-0.39, 0.29) is 30.3 Å². The minimum absolute atomic E-state index is 0.125. The summed E-state index contributed by atoms with van der Waals surface area (Å²) in [7, 11) is 0. The number of aliphatic hydroxyl groups excluding tert-OH is 1. The van der Waals surface area contributed by atoms with E-state index in [1.54, 1.807) is 0 Å². The summed E-state index contributed by atoms with van der Waals surface area (Å²) in [4.78, 5) is 17.4. The lowest BCUT2D eigenvalue weighted by Crippen LogP contribution is -2.34. The third kappa shape index (κ3) is 4.46. The number of aliphatic hydroxyl groups is 1. The molecule has 0 saturated carbocycles. The number of halogens is 3. The molecular formula is C19H17F3N2O3. The molecule has 8 heteroatoms. The fraction of sp³-hybridized carbons (Fsp3) is 0.263. The SMILES string of the molecule is O=C(NC[C@@H](O)c1ccccc1C(F)(F)F)C1=NO[C@H](c2ccccc2)C1. The van der Waals surface area contributed by atoms with Crippen molar-refractivity contribution >= 4 is 11.6 Å². The summed E-state index contributed by atoms with van der Waals surface area (Å²) in [5, 5.41) is 16.3. The van der Waals surface area contributed by atoms with Gasteiger partial charge < -0.3 is 15.3 Å². The van der Waals surface area contributed by atoms with Crippen molar-refractivity contribution in [1.82, 2.24) is 5.32 Å². The molecule has 0 radical (unpaired) electrons. The van der Waals surface area contributed by atoms with Gasteiger partial charge in [0.25, 0.3) is 5.91 Å². The third-order valence-electron chi connectivity index (χ3n) is 4.18. The Bertz CT molecular complexity index is 838. The second-order valence-electron chi connectivity index (χ2n) is 6.06. The molecule has 2 N–H and O–H groups in total. The minimum atomic E-state index is -4.59. The van der Waals surface area contributed by atoms with Crippen molar-refractivity contribution in [2.75, 3.05) is 6.54 Å². The van der Waals surface area contributed by atoms with Crippen molar-refractivity contribution in [1.29, 1.82) is 0 Å². The van der Waals surface area contributed by atoms with Crippen LogP contribution >= 0.6 is 0 Å². The predicted molar refractivity (Wildman–Crippen MR) is 91.7 cm³/mol. The van der Waals surface area contributed by atoms with Crippen molar-refractivity contribution in [2.45, 2.75) is 24.8 Å². The zero-order chi connectivity index (χ0) is 19.4. The summed E-state index contributed by atoms with van der Waals surface area (Å²) in [6, 6.07) is 13.9. The molecule has 0 spiro atoms. The van der Waals surface area contributed by atoms with Crippen LogP contribution in [0.25, 0.3) is 0 Å². The van der Waals surface area contributed by atoms with Gasteiger partial charge in [0.15, 0.2) is 6.10 Å². The molecule has 1 aliphatic rings. The maximum absolute atomic E-state index is 13.0. The highest BCUT2D eigenvalue weighted by Crippen LogP contribution is 2.34. The van der Waals surface area contributed by atoms with E-state index in [0.29, 0.717) is 0 Å². The summed E-state index contributed by atoms with van der Waals surface area (Å²) in [6.45, 7) is -0.374. The highest BCUT2D eigenvalue weighted by atomic mass is 19.4. The topological polar surface area (TPSA) is 70.9 Å². The number of amides is 1. The third-order valence-corrected chi connectivity index (χ3v) is 4.18. The van der Waals surface area contributed by atoms with Gasteiger partial charge in [-0.05, 0) is 17.2 Å². The highest BCUT2D eigenvalue weighted by Gasteiger charge is 2.35. The van der Waals surface area contributed by atoms with Gasteiger partial charge >= 0.3 is 6.18 Å². The molecule has 1 amide bonds. The molecule has 3 rings (SSSR count). The molecule has 1 aliphatic heterocycles. The summed E-state index contributed by atoms with van der Waals surface area (Å²) in [5.41, 5.74) is -0.238. The van der Waals surface area contributed by atoms with Crippen LogP contribution in [0.3, 0.4) is 0 Å². The van der Waals surface area contributed by atoms with Gasteiger partial charge in [-0.2, -0.15) is 13.2 Å². The van der Waals surface area contributed by atoms with Crippen LogP contribution in [-0.4, -0.2) is 23.3 Å². The zero-order valence-electron chi connectivity index (χ0n) is 14.1. The van der Waals surface area contributed by atoms with Crippen LogP contribution in [0.2, 0.25) is 0 Å². The van der Waals surface area contributed by atoms with Gasteiger partial charge in [0.1, 0.15) is 5.71 Å². The van der Waals surface area contributed by atoms with Crippen molar-refractivity contribution in [3.8, 4) is 0 Å².